The van der Waals surface area contributed by atoms with Gasteiger partial charge in [-0.05, 0) is 29.3 Å². The van der Waals surface area contributed by atoms with Crippen LogP contribution < -0.4 is 5.73 Å². The van der Waals surface area contributed by atoms with E-state index in [1.54, 1.807) is 18.5 Å². The van der Waals surface area contributed by atoms with Crippen LogP contribution in [0.5, 0.6) is 0 Å². The Balaban J connectivity index is 1.36. The third-order valence-electron chi connectivity index (χ3n) is 7.54. The van der Waals surface area contributed by atoms with Crippen molar-refractivity contribution in [3.05, 3.63) is 97.0 Å². The highest BCUT2D eigenvalue weighted by Gasteiger charge is 2.52. The molecule has 2 aromatic carbocycles. The predicted molar refractivity (Wildman–Crippen MR) is 147 cm³/mol. The van der Waals surface area contributed by atoms with Gasteiger partial charge in [-0.15, -0.1) is 10.2 Å². The van der Waals surface area contributed by atoms with E-state index in [0.29, 0.717) is 30.1 Å². The van der Waals surface area contributed by atoms with Gasteiger partial charge >= 0.3 is 0 Å². The Morgan fingerprint density at radius 1 is 0.872 bits per heavy atom. The van der Waals surface area contributed by atoms with Crippen LogP contribution in [0.1, 0.15) is 18.4 Å². The van der Waals surface area contributed by atoms with Crippen molar-refractivity contribution >= 4 is 16.6 Å². The zero-order valence-electron chi connectivity index (χ0n) is 20.9. The molecule has 7 rings (SSSR count). The van der Waals surface area contributed by atoms with Crippen LogP contribution in [0.2, 0.25) is 0 Å². The number of nitrogens with zero attached hydrogens (tertiary/aromatic N) is 6. The molecular weight excluding hydrogens is 490 g/mol. The van der Waals surface area contributed by atoms with E-state index in [0.717, 1.165) is 38.9 Å². The van der Waals surface area contributed by atoms with Crippen molar-refractivity contribution in [2.45, 2.75) is 24.0 Å². The Labute approximate surface area is 223 Å². The van der Waals surface area contributed by atoms with E-state index in [1.165, 1.54) is 0 Å². The molecule has 192 valence electrons. The maximum absolute atomic E-state index is 10.3. The van der Waals surface area contributed by atoms with E-state index < -0.39 is 11.1 Å². The summed E-state index contributed by atoms with van der Waals surface area (Å²) in [5.41, 5.74) is 10.9. The van der Waals surface area contributed by atoms with E-state index >= 15 is 0 Å². The summed E-state index contributed by atoms with van der Waals surface area (Å²) in [5.74, 6) is 1.06. The Hall–Kier alpha value is -4.57. The second kappa shape index (κ2) is 8.74. The summed E-state index contributed by atoms with van der Waals surface area (Å²) in [6.45, 7) is -0.287. The van der Waals surface area contributed by atoms with Crippen molar-refractivity contribution in [2.24, 2.45) is 5.73 Å². The Bertz CT molecular complexity index is 1810. The van der Waals surface area contributed by atoms with Crippen LogP contribution in [-0.2, 0) is 5.54 Å². The minimum atomic E-state index is -1.10. The van der Waals surface area contributed by atoms with E-state index in [-0.39, 0.29) is 6.61 Å². The number of rotatable bonds is 5. The number of hydrogen-bond acceptors (Lipinski definition) is 8. The number of nitrogens with two attached hydrogens (primary N) is 1. The van der Waals surface area contributed by atoms with Gasteiger partial charge in [-0.2, -0.15) is 0 Å². The van der Waals surface area contributed by atoms with Gasteiger partial charge in [0.05, 0.1) is 23.4 Å². The molecule has 0 saturated heterocycles. The minimum absolute atomic E-state index is 0.287. The van der Waals surface area contributed by atoms with Gasteiger partial charge in [0.15, 0.2) is 11.5 Å². The molecule has 0 amide bonds. The molecule has 0 radical (unpaired) electrons. The third-order valence-corrected chi connectivity index (χ3v) is 7.54. The van der Waals surface area contributed by atoms with Crippen LogP contribution >= 0.6 is 0 Å². The van der Waals surface area contributed by atoms with Crippen molar-refractivity contribution < 1.29 is 10.2 Å². The quantitative estimate of drug-likeness (QED) is 0.316. The largest absolute Gasteiger partial charge is 0.393 e. The molecular formula is C30H25N7O2. The van der Waals surface area contributed by atoms with Gasteiger partial charge in [0.1, 0.15) is 0 Å². The molecule has 9 heteroatoms. The molecule has 4 heterocycles. The molecule has 0 spiro atoms. The third kappa shape index (κ3) is 3.87. The fraction of sp³-hybridized carbons (Fsp3) is 0.167. The van der Waals surface area contributed by atoms with Crippen LogP contribution in [0.4, 0.5) is 0 Å². The molecule has 0 atom stereocenters. The van der Waals surface area contributed by atoms with Crippen LogP contribution in [0, 0.1) is 0 Å². The lowest BCUT2D eigenvalue weighted by Crippen LogP contribution is -2.61. The van der Waals surface area contributed by atoms with E-state index in [4.69, 9.17) is 10.7 Å². The number of fused-ring (bicyclic) bond motifs is 3. The van der Waals surface area contributed by atoms with Gasteiger partial charge < -0.3 is 15.9 Å². The van der Waals surface area contributed by atoms with Crippen LogP contribution in [0.3, 0.4) is 0 Å². The first-order chi connectivity index (χ1) is 19.0. The Morgan fingerprint density at radius 3 is 2.33 bits per heavy atom. The van der Waals surface area contributed by atoms with E-state index in [1.807, 2.05) is 59.1 Å². The topological polar surface area (TPSA) is 135 Å². The summed E-state index contributed by atoms with van der Waals surface area (Å²) in [4.78, 5) is 13.8. The summed E-state index contributed by atoms with van der Waals surface area (Å²) in [6.07, 6.45) is 5.90. The Kier molecular flexibility index (Phi) is 5.27. The lowest BCUT2D eigenvalue weighted by atomic mass is 9.62. The van der Waals surface area contributed by atoms with Gasteiger partial charge in [-0.3, -0.25) is 4.40 Å². The van der Waals surface area contributed by atoms with Crippen molar-refractivity contribution in [1.82, 2.24) is 29.5 Å². The maximum Gasteiger partial charge on any atom is 0.206 e. The monoisotopic (exact) mass is 515 g/mol. The van der Waals surface area contributed by atoms with Gasteiger partial charge in [0.25, 0.3) is 0 Å². The second-order valence-electron chi connectivity index (χ2n) is 10.3. The van der Waals surface area contributed by atoms with Crippen molar-refractivity contribution in [3.63, 3.8) is 0 Å². The molecule has 9 nitrogen and oxygen atoms in total. The normalized spacial score (nSPS) is 20.8. The molecule has 0 aliphatic heterocycles. The first-order valence-corrected chi connectivity index (χ1v) is 12.7. The first-order valence-electron chi connectivity index (χ1n) is 12.7. The minimum Gasteiger partial charge on any atom is -0.393 e. The molecule has 1 aliphatic rings. The zero-order chi connectivity index (χ0) is 26.6. The Morgan fingerprint density at radius 2 is 1.62 bits per heavy atom. The van der Waals surface area contributed by atoms with Crippen molar-refractivity contribution in [3.8, 4) is 34.0 Å². The van der Waals surface area contributed by atoms with Gasteiger partial charge in [-0.25, -0.2) is 15.0 Å². The average Bonchev–Trinajstić information content (AvgIpc) is 3.41. The molecule has 0 bridgehead atoms. The molecule has 6 aromatic rings. The number of benzene rings is 2. The zero-order valence-corrected chi connectivity index (χ0v) is 20.9. The lowest BCUT2D eigenvalue weighted by Gasteiger charge is -2.50. The molecule has 1 fully saturated rings. The number of aliphatic hydroxyl groups excluding tert-OH is 1. The fourth-order valence-corrected chi connectivity index (χ4v) is 5.62. The van der Waals surface area contributed by atoms with Gasteiger partial charge in [-0.1, -0.05) is 54.6 Å². The molecule has 4 aromatic heterocycles. The predicted octanol–water partition coefficient (Wildman–Crippen LogP) is 3.74. The van der Waals surface area contributed by atoms with Gasteiger partial charge in [0.2, 0.25) is 5.82 Å². The second-order valence-corrected chi connectivity index (χ2v) is 10.3. The number of aromatic nitrogens is 6. The SMILES string of the molecule is NC1(c2ccc(-c3nc4ccn5c(-c6ncccn6)nnc5c4cc3-c3ccccc3)cc2)CC(O)(CO)C1. The standard InChI is InChI=1S/C30H25N7O2/c31-30(16-29(39,17-30)18-38)21-9-7-20(8-10-21)25-22(19-5-2-1-3-6-19)15-23-24(34-25)11-14-37-27(23)35-36-28(37)26-32-12-4-13-33-26/h1-15,38-39H,16-18,31H2. The van der Waals surface area contributed by atoms with Crippen molar-refractivity contribution in [1.29, 1.82) is 0 Å². The smallest absolute Gasteiger partial charge is 0.206 e. The molecule has 39 heavy (non-hydrogen) atoms. The first kappa shape index (κ1) is 23.5. The number of aliphatic hydroxyl groups is 2. The number of hydrogen-bond donors (Lipinski definition) is 3. The lowest BCUT2D eigenvalue weighted by molar-refractivity contribution is -0.120. The highest BCUT2D eigenvalue weighted by molar-refractivity contribution is 5.98. The summed E-state index contributed by atoms with van der Waals surface area (Å²) in [5, 5.41) is 29.4. The van der Waals surface area contributed by atoms with E-state index in [9.17, 15) is 10.2 Å². The number of pyridine rings is 2. The van der Waals surface area contributed by atoms with Gasteiger partial charge in [0, 0.05) is 53.5 Å². The van der Waals surface area contributed by atoms with Crippen LogP contribution in [-0.4, -0.2) is 52.0 Å². The molecule has 1 saturated carbocycles. The highest BCUT2D eigenvalue weighted by atomic mass is 16.3. The summed E-state index contributed by atoms with van der Waals surface area (Å²) in [6, 6.07) is 24.0. The molecule has 1 aliphatic carbocycles. The van der Waals surface area contributed by atoms with Crippen LogP contribution in [0.25, 0.3) is 50.6 Å². The maximum atomic E-state index is 10.3. The molecule has 0 unspecified atom stereocenters. The average molecular weight is 516 g/mol. The highest BCUT2D eigenvalue weighted by Crippen LogP contribution is 2.46. The summed E-state index contributed by atoms with van der Waals surface area (Å²) < 4.78 is 1.88. The van der Waals surface area contributed by atoms with Crippen molar-refractivity contribution in [2.75, 3.05) is 6.61 Å². The fourth-order valence-electron chi connectivity index (χ4n) is 5.62. The molecule has 4 N–H and O–H groups in total. The summed E-state index contributed by atoms with van der Waals surface area (Å²) in [7, 11) is 0. The van der Waals surface area contributed by atoms with E-state index in [2.05, 4.69) is 38.4 Å². The summed E-state index contributed by atoms with van der Waals surface area (Å²) >= 11 is 0. The van der Waals surface area contributed by atoms with Crippen LogP contribution in [0.15, 0.2) is 91.4 Å².